The van der Waals surface area contributed by atoms with E-state index in [2.05, 4.69) is 61.4 Å². The van der Waals surface area contributed by atoms with E-state index in [4.69, 9.17) is 4.74 Å². The maximum absolute atomic E-state index is 5.92. The number of hydrogen-bond donors (Lipinski definition) is 2. The second-order valence-corrected chi connectivity index (χ2v) is 7.32. The number of benzene rings is 1. The first-order valence-corrected chi connectivity index (χ1v) is 9.68. The van der Waals surface area contributed by atoms with Crippen molar-refractivity contribution in [2.45, 2.75) is 25.5 Å². The van der Waals surface area contributed by atoms with Gasteiger partial charge >= 0.3 is 0 Å². The number of H-pyrrole nitrogens is 1. The van der Waals surface area contributed by atoms with E-state index in [1.165, 1.54) is 0 Å². The molecule has 1 aromatic carbocycles. The van der Waals surface area contributed by atoms with E-state index in [9.17, 15) is 0 Å². The van der Waals surface area contributed by atoms with Crippen molar-refractivity contribution >= 4 is 38.6 Å². The smallest absolute Gasteiger partial charge is 0.227 e. The maximum Gasteiger partial charge on any atom is 0.227 e. The summed E-state index contributed by atoms with van der Waals surface area (Å²) in [5, 5.41) is 16.9. The second-order valence-electron chi connectivity index (χ2n) is 6.47. The lowest BCUT2D eigenvalue weighted by molar-refractivity contribution is -0.0295. The molecule has 142 valence electrons. The van der Waals surface area contributed by atoms with E-state index in [0.717, 1.165) is 47.1 Å². The molecule has 2 N–H and O–H groups in total. The van der Waals surface area contributed by atoms with Crippen LogP contribution >= 0.6 is 15.9 Å². The number of nitrogens with zero attached hydrogens (tertiary/aromatic N) is 7. The SMILES string of the molecule is Brc1cc(Nc2ncc(-c3nnn[nH]3)cn2)cc2c1ncn2C1CCCCO1. The van der Waals surface area contributed by atoms with Crippen molar-refractivity contribution in [1.82, 2.24) is 40.1 Å². The molecule has 0 aliphatic carbocycles. The van der Waals surface area contributed by atoms with E-state index >= 15 is 0 Å². The van der Waals surface area contributed by atoms with Crippen LogP contribution in [0.25, 0.3) is 22.4 Å². The summed E-state index contributed by atoms with van der Waals surface area (Å²) in [6.45, 7) is 0.782. The highest BCUT2D eigenvalue weighted by Crippen LogP contribution is 2.32. The zero-order valence-electron chi connectivity index (χ0n) is 14.7. The van der Waals surface area contributed by atoms with E-state index < -0.39 is 0 Å². The van der Waals surface area contributed by atoms with Crippen molar-refractivity contribution in [3.63, 3.8) is 0 Å². The Morgan fingerprint density at radius 1 is 1.18 bits per heavy atom. The third-order valence-electron chi connectivity index (χ3n) is 4.63. The third kappa shape index (κ3) is 3.22. The number of fused-ring (bicyclic) bond motifs is 1. The summed E-state index contributed by atoms with van der Waals surface area (Å²) in [5.74, 6) is 0.995. The van der Waals surface area contributed by atoms with Crippen molar-refractivity contribution in [1.29, 1.82) is 0 Å². The molecule has 4 aromatic rings. The summed E-state index contributed by atoms with van der Waals surface area (Å²) >= 11 is 3.61. The molecule has 0 bridgehead atoms. The van der Waals surface area contributed by atoms with Gasteiger partial charge in [0.05, 0.1) is 17.4 Å². The van der Waals surface area contributed by atoms with Crippen LogP contribution in [0.4, 0.5) is 11.6 Å². The summed E-state index contributed by atoms with van der Waals surface area (Å²) < 4.78 is 8.90. The van der Waals surface area contributed by atoms with Gasteiger partial charge < -0.3 is 14.6 Å². The van der Waals surface area contributed by atoms with Crippen molar-refractivity contribution in [2.24, 2.45) is 0 Å². The van der Waals surface area contributed by atoms with Crippen LogP contribution in [-0.4, -0.2) is 46.8 Å². The van der Waals surface area contributed by atoms with Crippen LogP contribution in [0, 0.1) is 0 Å². The topological polar surface area (TPSA) is 119 Å². The number of halogens is 1. The Labute approximate surface area is 167 Å². The zero-order chi connectivity index (χ0) is 18.9. The van der Waals surface area contributed by atoms with Gasteiger partial charge in [-0.2, -0.15) is 0 Å². The molecule has 1 unspecified atom stereocenters. The fraction of sp³-hybridized carbons (Fsp3) is 0.294. The van der Waals surface area contributed by atoms with Gasteiger partial charge in [-0.25, -0.2) is 20.1 Å². The molecule has 1 atom stereocenters. The molecule has 10 nitrogen and oxygen atoms in total. The largest absolute Gasteiger partial charge is 0.358 e. The van der Waals surface area contributed by atoms with Gasteiger partial charge in [-0.15, -0.1) is 5.10 Å². The Morgan fingerprint density at radius 2 is 2.07 bits per heavy atom. The monoisotopic (exact) mass is 441 g/mol. The maximum atomic E-state index is 5.92. The molecule has 0 radical (unpaired) electrons. The molecule has 28 heavy (non-hydrogen) atoms. The summed E-state index contributed by atoms with van der Waals surface area (Å²) in [5.41, 5.74) is 3.45. The van der Waals surface area contributed by atoms with Gasteiger partial charge in [0.1, 0.15) is 11.7 Å². The van der Waals surface area contributed by atoms with Crippen molar-refractivity contribution in [3.05, 3.63) is 35.3 Å². The lowest BCUT2D eigenvalue weighted by atomic mass is 10.2. The summed E-state index contributed by atoms with van der Waals surface area (Å²) in [6.07, 6.45) is 8.43. The number of nitrogens with one attached hydrogen (secondary N) is 2. The third-order valence-corrected chi connectivity index (χ3v) is 5.23. The highest BCUT2D eigenvalue weighted by molar-refractivity contribution is 9.10. The summed E-state index contributed by atoms with van der Waals surface area (Å²) in [7, 11) is 0. The van der Waals surface area contributed by atoms with Crippen molar-refractivity contribution in [2.75, 3.05) is 11.9 Å². The number of hydrogen-bond acceptors (Lipinski definition) is 8. The minimum Gasteiger partial charge on any atom is -0.358 e. The van der Waals surface area contributed by atoms with Crippen LogP contribution in [0.15, 0.2) is 35.3 Å². The molecule has 11 heteroatoms. The van der Waals surface area contributed by atoms with E-state index in [-0.39, 0.29) is 6.23 Å². The molecule has 4 heterocycles. The summed E-state index contributed by atoms with van der Waals surface area (Å²) in [4.78, 5) is 13.2. The molecule has 1 fully saturated rings. The molecular weight excluding hydrogens is 426 g/mol. The minimum absolute atomic E-state index is 0.0203. The van der Waals surface area contributed by atoms with E-state index in [1.54, 1.807) is 12.4 Å². The fourth-order valence-electron chi connectivity index (χ4n) is 3.26. The standard InChI is InChI=1S/C17H16BrN9O/c18-12-5-11(22-17-19-7-10(8-20-17)16-23-25-26-24-16)6-13-15(12)21-9-27(13)14-3-1-2-4-28-14/h5-9,14H,1-4H2,(H,19,20,22)(H,23,24,25,26). The van der Waals surface area contributed by atoms with Gasteiger partial charge in [0, 0.05) is 29.2 Å². The highest BCUT2D eigenvalue weighted by Gasteiger charge is 2.19. The number of rotatable bonds is 4. The first-order chi connectivity index (χ1) is 13.8. The lowest BCUT2D eigenvalue weighted by Crippen LogP contribution is -2.17. The molecule has 1 saturated heterocycles. The highest BCUT2D eigenvalue weighted by atomic mass is 79.9. The van der Waals surface area contributed by atoms with Crippen LogP contribution < -0.4 is 5.32 Å². The van der Waals surface area contributed by atoms with Crippen LogP contribution in [0.1, 0.15) is 25.5 Å². The van der Waals surface area contributed by atoms with Gasteiger partial charge in [-0.05, 0) is 57.8 Å². The Morgan fingerprint density at radius 3 is 2.82 bits per heavy atom. The Balaban J connectivity index is 1.44. The predicted molar refractivity (Wildman–Crippen MR) is 105 cm³/mol. The number of tetrazole rings is 1. The zero-order valence-corrected chi connectivity index (χ0v) is 16.3. The number of aromatic nitrogens is 8. The van der Waals surface area contributed by atoms with Gasteiger partial charge in [0.15, 0.2) is 5.82 Å². The molecular formula is C17H16BrN9O. The molecule has 1 aliphatic heterocycles. The molecule has 0 spiro atoms. The van der Waals surface area contributed by atoms with Gasteiger partial charge in [0.25, 0.3) is 0 Å². The Hall–Kier alpha value is -2.92. The minimum atomic E-state index is 0.0203. The molecule has 0 amide bonds. The fourth-order valence-corrected chi connectivity index (χ4v) is 3.81. The number of aromatic amines is 1. The average molecular weight is 442 g/mol. The number of anilines is 2. The van der Waals surface area contributed by atoms with Crippen LogP contribution in [-0.2, 0) is 4.74 Å². The van der Waals surface area contributed by atoms with Crippen molar-refractivity contribution in [3.8, 4) is 11.4 Å². The molecule has 3 aromatic heterocycles. The quantitative estimate of drug-likeness (QED) is 0.495. The first kappa shape index (κ1) is 17.2. The number of imidazole rings is 1. The van der Waals surface area contributed by atoms with Crippen molar-refractivity contribution < 1.29 is 4.74 Å². The average Bonchev–Trinajstić information content (AvgIpc) is 3.40. The van der Waals surface area contributed by atoms with Crippen LogP contribution in [0.2, 0.25) is 0 Å². The second kappa shape index (κ2) is 7.24. The molecule has 1 aliphatic rings. The van der Waals surface area contributed by atoms with E-state index in [0.29, 0.717) is 17.3 Å². The first-order valence-electron chi connectivity index (χ1n) is 8.89. The Bertz CT molecular complexity index is 1090. The Kier molecular flexibility index (Phi) is 4.45. The normalized spacial score (nSPS) is 17.1. The van der Waals surface area contributed by atoms with Crippen LogP contribution in [0.5, 0.6) is 0 Å². The van der Waals surface area contributed by atoms with Gasteiger partial charge in [-0.1, -0.05) is 0 Å². The molecule has 0 saturated carbocycles. The summed E-state index contributed by atoms with van der Waals surface area (Å²) in [6, 6.07) is 3.99. The predicted octanol–water partition coefficient (Wildman–Crippen LogP) is 3.21. The van der Waals surface area contributed by atoms with Gasteiger partial charge in [-0.3, -0.25) is 0 Å². The van der Waals surface area contributed by atoms with Crippen LogP contribution in [0.3, 0.4) is 0 Å². The number of ether oxygens (including phenoxy) is 1. The lowest BCUT2D eigenvalue weighted by Gasteiger charge is -2.24. The van der Waals surface area contributed by atoms with Gasteiger partial charge in [0.2, 0.25) is 5.95 Å². The van der Waals surface area contributed by atoms with E-state index in [1.807, 2.05) is 18.5 Å². The molecule has 5 rings (SSSR count).